The lowest BCUT2D eigenvalue weighted by Gasteiger charge is -2.32. The molecule has 1 aliphatic heterocycles. The smallest absolute Gasteiger partial charge is 0.410 e. The summed E-state index contributed by atoms with van der Waals surface area (Å²) in [7, 11) is 0. The Morgan fingerprint density at radius 2 is 1.96 bits per heavy atom. The van der Waals surface area contributed by atoms with Crippen LogP contribution in [0.1, 0.15) is 44.1 Å². The van der Waals surface area contributed by atoms with Crippen LogP contribution in [0.2, 0.25) is 5.28 Å². The van der Waals surface area contributed by atoms with Crippen LogP contribution < -0.4 is 0 Å². The highest BCUT2D eigenvalue weighted by molar-refractivity contribution is 6.28. The zero-order valence-electron chi connectivity index (χ0n) is 13.3. The molecule has 0 unspecified atom stereocenters. The third kappa shape index (κ3) is 4.60. The Bertz CT molecular complexity index is 610. The molecule has 1 saturated heterocycles. The molecule has 0 aromatic carbocycles. The molecule has 0 saturated carbocycles. The van der Waals surface area contributed by atoms with Gasteiger partial charge in [-0.25, -0.2) is 19.2 Å². The number of rotatable bonds is 2. The zero-order chi connectivity index (χ0) is 17.2. The molecule has 0 aliphatic carbocycles. The van der Waals surface area contributed by atoms with Gasteiger partial charge in [-0.3, -0.25) is 4.79 Å². The fourth-order valence-electron chi connectivity index (χ4n) is 2.36. The highest BCUT2D eigenvalue weighted by Crippen LogP contribution is 2.24. The van der Waals surface area contributed by atoms with Crippen LogP contribution in [0.4, 0.5) is 9.18 Å². The molecule has 0 bridgehead atoms. The molecule has 0 atom stereocenters. The van der Waals surface area contributed by atoms with E-state index in [9.17, 15) is 14.0 Å². The molecule has 1 fully saturated rings. The Hall–Kier alpha value is -1.76. The second-order valence-corrected chi connectivity index (χ2v) is 6.78. The number of halogens is 2. The van der Waals surface area contributed by atoms with Crippen molar-refractivity contribution in [3.8, 4) is 0 Å². The second-order valence-electron chi connectivity index (χ2n) is 6.44. The number of nitrogens with zero attached hydrogens (tertiary/aromatic N) is 3. The van der Waals surface area contributed by atoms with Gasteiger partial charge in [0.05, 0.1) is 6.20 Å². The van der Waals surface area contributed by atoms with Crippen molar-refractivity contribution in [3.63, 3.8) is 0 Å². The van der Waals surface area contributed by atoms with E-state index in [1.165, 1.54) is 0 Å². The standard InChI is InChI=1S/C15H19ClFN3O3/c1-15(2,3)23-14(22)20-6-4-9(5-7-20)12(21)11-10(17)8-18-13(16)19-11/h8-9H,4-7H2,1-3H3. The van der Waals surface area contributed by atoms with Gasteiger partial charge in [0.1, 0.15) is 11.3 Å². The minimum atomic E-state index is -0.783. The molecule has 1 aliphatic rings. The number of piperidine rings is 1. The number of amides is 1. The fourth-order valence-corrected chi connectivity index (χ4v) is 2.50. The van der Waals surface area contributed by atoms with E-state index >= 15 is 0 Å². The van der Waals surface area contributed by atoms with Crippen LogP contribution in [0.15, 0.2) is 6.20 Å². The van der Waals surface area contributed by atoms with Crippen LogP contribution in [0.3, 0.4) is 0 Å². The molecule has 23 heavy (non-hydrogen) atoms. The van der Waals surface area contributed by atoms with Crippen molar-refractivity contribution in [2.24, 2.45) is 5.92 Å². The van der Waals surface area contributed by atoms with Gasteiger partial charge >= 0.3 is 6.09 Å². The van der Waals surface area contributed by atoms with Crippen LogP contribution >= 0.6 is 11.6 Å². The van der Waals surface area contributed by atoms with Gasteiger partial charge in [-0.1, -0.05) is 0 Å². The third-order valence-corrected chi connectivity index (χ3v) is 3.65. The highest BCUT2D eigenvalue weighted by atomic mass is 35.5. The van der Waals surface area contributed by atoms with Crippen LogP contribution in [0.5, 0.6) is 0 Å². The van der Waals surface area contributed by atoms with Crippen molar-refractivity contribution in [2.45, 2.75) is 39.2 Å². The van der Waals surface area contributed by atoms with Crippen molar-refractivity contribution in [3.05, 3.63) is 23.0 Å². The summed E-state index contributed by atoms with van der Waals surface area (Å²) in [6.07, 6.45) is 1.34. The number of Topliss-reactive ketones (excluding diaryl/α,β-unsaturated/α-hetero) is 1. The highest BCUT2D eigenvalue weighted by Gasteiger charge is 2.32. The molecule has 1 amide bonds. The monoisotopic (exact) mass is 343 g/mol. The maximum atomic E-state index is 13.7. The summed E-state index contributed by atoms with van der Waals surface area (Å²) in [4.78, 5) is 33.1. The summed E-state index contributed by atoms with van der Waals surface area (Å²) >= 11 is 5.62. The lowest BCUT2D eigenvalue weighted by molar-refractivity contribution is 0.0182. The van der Waals surface area contributed by atoms with Crippen LogP contribution in [0.25, 0.3) is 0 Å². The molecule has 0 N–H and O–H groups in total. The summed E-state index contributed by atoms with van der Waals surface area (Å²) in [5.41, 5.74) is -0.856. The van der Waals surface area contributed by atoms with Gasteiger partial charge in [-0.15, -0.1) is 0 Å². The predicted octanol–water partition coefficient (Wildman–Crippen LogP) is 3.10. The zero-order valence-corrected chi connectivity index (χ0v) is 14.1. The molecular formula is C15H19ClFN3O3. The molecule has 2 rings (SSSR count). The number of aromatic nitrogens is 2. The van der Waals surface area contributed by atoms with Crippen molar-refractivity contribution in [1.82, 2.24) is 14.9 Å². The molecule has 0 radical (unpaired) electrons. The molecule has 126 valence electrons. The normalized spacial score (nSPS) is 16.3. The van der Waals surface area contributed by atoms with Crippen molar-refractivity contribution >= 4 is 23.5 Å². The number of ketones is 1. The summed E-state index contributed by atoms with van der Waals surface area (Å²) in [5, 5.41) is -0.166. The van der Waals surface area contributed by atoms with E-state index in [1.54, 1.807) is 25.7 Å². The average Bonchev–Trinajstić information content (AvgIpc) is 2.47. The van der Waals surface area contributed by atoms with Gasteiger partial charge in [-0.05, 0) is 45.2 Å². The van der Waals surface area contributed by atoms with Gasteiger partial charge < -0.3 is 9.64 Å². The molecule has 1 aromatic heterocycles. The van der Waals surface area contributed by atoms with Crippen LogP contribution in [0, 0.1) is 11.7 Å². The minimum absolute atomic E-state index is 0.166. The maximum absolute atomic E-state index is 13.7. The van der Waals surface area contributed by atoms with Crippen molar-refractivity contribution in [1.29, 1.82) is 0 Å². The molecular weight excluding hydrogens is 325 g/mol. The molecule has 1 aromatic rings. The number of ether oxygens (including phenoxy) is 1. The van der Waals surface area contributed by atoms with Gasteiger partial charge in [-0.2, -0.15) is 0 Å². The summed E-state index contributed by atoms with van der Waals surface area (Å²) in [6.45, 7) is 6.14. The Morgan fingerprint density at radius 1 is 1.35 bits per heavy atom. The average molecular weight is 344 g/mol. The SMILES string of the molecule is CC(C)(C)OC(=O)N1CCC(C(=O)c2nc(Cl)ncc2F)CC1. The summed E-state index contributed by atoms with van der Waals surface area (Å²) in [5.74, 6) is -1.58. The number of carbonyl (C=O) groups is 2. The lowest BCUT2D eigenvalue weighted by Crippen LogP contribution is -2.43. The predicted molar refractivity (Wildman–Crippen MR) is 81.9 cm³/mol. The summed E-state index contributed by atoms with van der Waals surface area (Å²) in [6, 6.07) is 0. The molecule has 0 spiro atoms. The van der Waals surface area contributed by atoms with Crippen molar-refractivity contribution < 1.29 is 18.7 Å². The molecule has 6 nitrogen and oxygen atoms in total. The lowest BCUT2D eigenvalue weighted by atomic mass is 9.91. The Balaban J connectivity index is 1.97. The van der Waals surface area contributed by atoms with E-state index in [4.69, 9.17) is 16.3 Å². The van der Waals surface area contributed by atoms with E-state index < -0.39 is 29.2 Å². The second kappa shape index (κ2) is 6.78. The van der Waals surface area contributed by atoms with Gasteiger partial charge in [0.2, 0.25) is 5.28 Å². The first-order valence-corrected chi connectivity index (χ1v) is 7.75. The van der Waals surface area contributed by atoms with Crippen LogP contribution in [-0.2, 0) is 4.74 Å². The summed E-state index contributed by atoms with van der Waals surface area (Å²) < 4.78 is 19.0. The van der Waals surface area contributed by atoms with Crippen molar-refractivity contribution in [2.75, 3.05) is 13.1 Å². The topological polar surface area (TPSA) is 72.4 Å². The first-order valence-electron chi connectivity index (χ1n) is 7.37. The van der Waals surface area contributed by atoms with E-state index in [2.05, 4.69) is 9.97 Å². The van der Waals surface area contributed by atoms with E-state index in [0.717, 1.165) is 6.20 Å². The minimum Gasteiger partial charge on any atom is -0.444 e. The third-order valence-electron chi connectivity index (χ3n) is 3.47. The Kier molecular flexibility index (Phi) is 5.19. The molecule has 8 heteroatoms. The first-order chi connectivity index (χ1) is 10.7. The quantitative estimate of drug-likeness (QED) is 0.609. The largest absolute Gasteiger partial charge is 0.444 e. The van der Waals surface area contributed by atoms with E-state index in [0.29, 0.717) is 25.9 Å². The van der Waals surface area contributed by atoms with E-state index in [-0.39, 0.29) is 11.0 Å². The van der Waals surface area contributed by atoms with Gasteiger partial charge in [0.25, 0.3) is 0 Å². The number of hydrogen-bond acceptors (Lipinski definition) is 5. The fraction of sp³-hybridized carbons (Fsp3) is 0.600. The maximum Gasteiger partial charge on any atom is 0.410 e. The number of likely N-dealkylation sites (tertiary alicyclic amines) is 1. The molecule has 2 heterocycles. The number of hydrogen-bond donors (Lipinski definition) is 0. The number of carbonyl (C=O) groups excluding carboxylic acids is 2. The Labute approximate surface area is 139 Å². The van der Waals surface area contributed by atoms with Gasteiger partial charge in [0, 0.05) is 19.0 Å². The first kappa shape index (κ1) is 17.6. The van der Waals surface area contributed by atoms with E-state index in [1.807, 2.05) is 0 Å². The van der Waals surface area contributed by atoms with Gasteiger partial charge in [0.15, 0.2) is 11.6 Å². The Morgan fingerprint density at radius 3 is 2.52 bits per heavy atom. The van der Waals surface area contributed by atoms with Crippen LogP contribution in [-0.4, -0.2) is 45.4 Å².